The standard InChI is InChI=1S/C11H19N3O/c1-3-4-9(2)8-15-10-5-6-13-11(7-10)14-12/h5-7,9H,3-4,8,12H2,1-2H3,(H,13,14). The average molecular weight is 209 g/mol. The van der Waals surface area contributed by atoms with E-state index in [1.165, 1.54) is 12.8 Å². The van der Waals surface area contributed by atoms with Crippen molar-refractivity contribution < 1.29 is 4.74 Å². The molecule has 4 heteroatoms. The second kappa shape index (κ2) is 6.24. The van der Waals surface area contributed by atoms with Crippen LogP contribution in [0.5, 0.6) is 5.75 Å². The van der Waals surface area contributed by atoms with E-state index >= 15 is 0 Å². The maximum absolute atomic E-state index is 5.63. The Morgan fingerprint density at radius 3 is 3.07 bits per heavy atom. The monoisotopic (exact) mass is 209 g/mol. The fraction of sp³-hybridized carbons (Fsp3) is 0.545. The third kappa shape index (κ3) is 4.16. The first kappa shape index (κ1) is 11.8. The van der Waals surface area contributed by atoms with Crippen molar-refractivity contribution in [3.63, 3.8) is 0 Å². The highest BCUT2D eigenvalue weighted by atomic mass is 16.5. The molecular formula is C11H19N3O. The third-order valence-corrected chi connectivity index (χ3v) is 2.20. The Bertz CT molecular complexity index is 291. The molecule has 1 aromatic heterocycles. The van der Waals surface area contributed by atoms with Crippen LogP contribution in [0.2, 0.25) is 0 Å². The van der Waals surface area contributed by atoms with Gasteiger partial charge in [0.2, 0.25) is 0 Å². The molecule has 3 N–H and O–H groups in total. The molecule has 15 heavy (non-hydrogen) atoms. The van der Waals surface area contributed by atoms with Crippen LogP contribution in [-0.2, 0) is 0 Å². The summed E-state index contributed by atoms with van der Waals surface area (Å²) in [6, 6.07) is 3.62. The smallest absolute Gasteiger partial charge is 0.143 e. The number of nitrogen functional groups attached to an aromatic ring is 1. The molecule has 84 valence electrons. The highest BCUT2D eigenvalue weighted by molar-refractivity contribution is 5.39. The zero-order valence-electron chi connectivity index (χ0n) is 9.36. The minimum atomic E-state index is 0.581. The van der Waals surface area contributed by atoms with Gasteiger partial charge in [0.05, 0.1) is 6.61 Å². The van der Waals surface area contributed by atoms with E-state index in [1.54, 1.807) is 12.3 Å². The predicted molar refractivity (Wildman–Crippen MR) is 61.6 cm³/mol. The number of nitrogens with one attached hydrogen (secondary N) is 1. The molecule has 0 aromatic carbocycles. The summed E-state index contributed by atoms with van der Waals surface area (Å²) in [7, 11) is 0. The van der Waals surface area contributed by atoms with Crippen molar-refractivity contribution in [2.45, 2.75) is 26.7 Å². The minimum Gasteiger partial charge on any atom is -0.493 e. The van der Waals surface area contributed by atoms with Crippen LogP contribution in [0, 0.1) is 5.92 Å². The molecule has 4 nitrogen and oxygen atoms in total. The van der Waals surface area contributed by atoms with Crippen molar-refractivity contribution >= 4 is 5.82 Å². The number of aromatic nitrogens is 1. The summed E-state index contributed by atoms with van der Waals surface area (Å²) in [5.74, 6) is 7.26. The molecule has 0 aliphatic rings. The molecule has 0 spiro atoms. The van der Waals surface area contributed by atoms with Crippen LogP contribution in [0.15, 0.2) is 18.3 Å². The largest absolute Gasteiger partial charge is 0.493 e. The molecule has 0 saturated carbocycles. The van der Waals surface area contributed by atoms with Crippen molar-refractivity contribution in [1.82, 2.24) is 4.98 Å². The summed E-state index contributed by atoms with van der Waals surface area (Å²) < 4.78 is 5.63. The molecule has 1 aromatic rings. The van der Waals surface area contributed by atoms with Crippen LogP contribution < -0.4 is 16.0 Å². The molecule has 0 aliphatic carbocycles. The maximum Gasteiger partial charge on any atom is 0.143 e. The Balaban J connectivity index is 2.43. The molecule has 1 heterocycles. The van der Waals surface area contributed by atoms with Crippen LogP contribution in [0.4, 0.5) is 5.82 Å². The van der Waals surface area contributed by atoms with Crippen molar-refractivity contribution in [2.75, 3.05) is 12.0 Å². The van der Waals surface area contributed by atoms with Gasteiger partial charge in [-0.2, -0.15) is 0 Å². The normalized spacial score (nSPS) is 12.2. The van der Waals surface area contributed by atoms with Gasteiger partial charge in [0, 0.05) is 12.3 Å². The van der Waals surface area contributed by atoms with Gasteiger partial charge in [-0.05, 0) is 18.4 Å². The SMILES string of the molecule is CCCC(C)COc1ccnc(NN)c1. The van der Waals surface area contributed by atoms with E-state index in [9.17, 15) is 0 Å². The number of hydrazine groups is 1. The molecule has 0 fully saturated rings. The Morgan fingerprint density at radius 2 is 2.40 bits per heavy atom. The second-order valence-corrected chi connectivity index (χ2v) is 3.73. The fourth-order valence-electron chi connectivity index (χ4n) is 1.39. The maximum atomic E-state index is 5.63. The number of rotatable bonds is 6. The van der Waals surface area contributed by atoms with Gasteiger partial charge in [0.15, 0.2) is 0 Å². The average Bonchev–Trinajstić information content (AvgIpc) is 2.27. The molecule has 0 saturated heterocycles. The number of nitrogens with zero attached hydrogens (tertiary/aromatic N) is 1. The van der Waals surface area contributed by atoms with E-state index in [2.05, 4.69) is 24.3 Å². The lowest BCUT2D eigenvalue weighted by atomic mass is 10.1. The van der Waals surface area contributed by atoms with E-state index in [4.69, 9.17) is 10.6 Å². The van der Waals surface area contributed by atoms with Gasteiger partial charge in [-0.15, -0.1) is 0 Å². The Morgan fingerprint density at radius 1 is 1.60 bits per heavy atom. The van der Waals surface area contributed by atoms with Gasteiger partial charge in [-0.3, -0.25) is 0 Å². The summed E-state index contributed by atoms with van der Waals surface area (Å²) in [4.78, 5) is 4.01. The Labute approximate surface area is 90.8 Å². The highest BCUT2D eigenvalue weighted by Gasteiger charge is 2.02. The number of ether oxygens (including phenoxy) is 1. The molecule has 1 atom stereocenters. The lowest BCUT2D eigenvalue weighted by Crippen LogP contribution is -2.10. The van der Waals surface area contributed by atoms with Crippen LogP contribution in [0.25, 0.3) is 0 Å². The first-order valence-corrected chi connectivity index (χ1v) is 5.31. The third-order valence-electron chi connectivity index (χ3n) is 2.20. The minimum absolute atomic E-state index is 0.581. The van der Waals surface area contributed by atoms with Crippen molar-refractivity contribution in [3.05, 3.63) is 18.3 Å². The molecule has 0 bridgehead atoms. The summed E-state index contributed by atoms with van der Waals surface area (Å²) in [6.07, 6.45) is 4.05. The number of hydrogen-bond acceptors (Lipinski definition) is 4. The van der Waals surface area contributed by atoms with E-state index in [-0.39, 0.29) is 0 Å². The molecule has 0 aliphatic heterocycles. The zero-order valence-corrected chi connectivity index (χ0v) is 9.36. The molecule has 1 rings (SSSR count). The number of hydrogen-bond donors (Lipinski definition) is 2. The molecule has 0 amide bonds. The first-order chi connectivity index (χ1) is 7.26. The molecule has 1 unspecified atom stereocenters. The lowest BCUT2D eigenvalue weighted by Gasteiger charge is -2.12. The topological polar surface area (TPSA) is 60.2 Å². The van der Waals surface area contributed by atoms with Crippen molar-refractivity contribution in [2.24, 2.45) is 11.8 Å². The van der Waals surface area contributed by atoms with E-state index in [0.29, 0.717) is 11.7 Å². The van der Waals surface area contributed by atoms with Gasteiger partial charge in [-0.1, -0.05) is 20.3 Å². The lowest BCUT2D eigenvalue weighted by molar-refractivity contribution is 0.251. The zero-order chi connectivity index (χ0) is 11.1. The summed E-state index contributed by atoms with van der Waals surface area (Å²) in [6.45, 7) is 5.11. The number of anilines is 1. The second-order valence-electron chi connectivity index (χ2n) is 3.73. The summed E-state index contributed by atoms with van der Waals surface area (Å²) in [5, 5.41) is 0. The van der Waals surface area contributed by atoms with Crippen molar-refractivity contribution in [3.8, 4) is 5.75 Å². The molecule has 0 radical (unpaired) electrons. The van der Waals surface area contributed by atoms with E-state index in [0.717, 1.165) is 12.4 Å². The highest BCUT2D eigenvalue weighted by Crippen LogP contribution is 2.15. The number of pyridine rings is 1. The van der Waals surface area contributed by atoms with Crippen LogP contribution in [0.3, 0.4) is 0 Å². The van der Waals surface area contributed by atoms with Crippen LogP contribution in [0.1, 0.15) is 26.7 Å². The Kier molecular flexibility index (Phi) is 4.90. The van der Waals surface area contributed by atoms with Gasteiger partial charge < -0.3 is 10.2 Å². The summed E-state index contributed by atoms with van der Waals surface area (Å²) >= 11 is 0. The van der Waals surface area contributed by atoms with E-state index < -0.39 is 0 Å². The van der Waals surface area contributed by atoms with Gasteiger partial charge >= 0.3 is 0 Å². The van der Waals surface area contributed by atoms with Crippen LogP contribution in [-0.4, -0.2) is 11.6 Å². The molecular weight excluding hydrogens is 190 g/mol. The van der Waals surface area contributed by atoms with E-state index in [1.807, 2.05) is 6.07 Å². The fourth-order valence-corrected chi connectivity index (χ4v) is 1.39. The van der Waals surface area contributed by atoms with Gasteiger partial charge in [0.25, 0.3) is 0 Å². The van der Waals surface area contributed by atoms with Gasteiger partial charge in [-0.25, -0.2) is 10.8 Å². The predicted octanol–water partition coefficient (Wildman–Crippen LogP) is 2.18. The van der Waals surface area contributed by atoms with Gasteiger partial charge in [0.1, 0.15) is 11.6 Å². The number of nitrogens with two attached hydrogens (primary N) is 1. The van der Waals surface area contributed by atoms with Crippen molar-refractivity contribution in [1.29, 1.82) is 0 Å². The Hall–Kier alpha value is -1.29. The first-order valence-electron chi connectivity index (χ1n) is 5.31. The summed E-state index contributed by atoms with van der Waals surface area (Å²) in [5.41, 5.74) is 2.49. The van der Waals surface area contributed by atoms with Crippen LogP contribution >= 0.6 is 0 Å². The quantitative estimate of drug-likeness (QED) is 0.557.